The normalized spacial score (nSPS) is 20.1. The van der Waals surface area contributed by atoms with Crippen molar-refractivity contribution in [2.45, 2.75) is 38.1 Å². The van der Waals surface area contributed by atoms with E-state index in [4.69, 9.17) is 4.55 Å². The van der Waals surface area contributed by atoms with Gasteiger partial charge in [0.2, 0.25) is 0 Å². The van der Waals surface area contributed by atoms with E-state index in [9.17, 15) is 8.42 Å². The average molecular weight is 197 g/mol. The molecular formula is C6H15NO4S. The topological polar surface area (TPSA) is 97.9 Å². The summed E-state index contributed by atoms with van der Waals surface area (Å²) in [4.78, 5) is 0. The minimum Gasteiger partial charge on any atom is -0.412 e. The summed E-state index contributed by atoms with van der Waals surface area (Å²) < 4.78 is 31.3. The predicted molar refractivity (Wildman–Crippen MR) is 45.2 cm³/mol. The minimum absolute atomic E-state index is 0. The molecule has 0 aromatic heterocycles. The van der Waals surface area contributed by atoms with Crippen molar-refractivity contribution in [1.29, 1.82) is 0 Å². The van der Waals surface area contributed by atoms with E-state index in [0.717, 1.165) is 25.7 Å². The van der Waals surface area contributed by atoms with Crippen molar-refractivity contribution in [2.75, 3.05) is 0 Å². The van der Waals surface area contributed by atoms with Gasteiger partial charge in [-0.25, -0.2) is 0 Å². The first kappa shape index (κ1) is 11.8. The molecule has 1 fully saturated rings. The Morgan fingerprint density at radius 3 is 2.08 bits per heavy atom. The largest absolute Gasteiger partial charge is 0.412 e. The second kappa shape index (κ2) is 4.76. The van der Waals surface area contributed by atoms with Crippen LogP contribution in [0.4, 0.5) is 0 Å². The molecule has 1 saturated carbocycles. The first-order valence-electron chi connectivity index (χ1n) is 3.83. The van der Waals surface area contributed by atoms with Crippen LogP contribution in [-0.2, 0) is 10.3 Å². The van der Waals surface area contributed by atoms with Gasteiger partial charge in [-0.3, -0.25) is 4.55 Å². The highest BCUT2D eigenvalue weighted by Crippen LogP contribution is 2.17. The lowest BCUT2D eigenvalue weighted by molar-refractivity contribution is 0.389. The summed E-state index contributed by atoms with van der Waals surface area (Å²) in [5.41, 5.74) is 0. The van der Waals surface area contributed by atoms with Crippen molar-refractivity contribution >= 4 is 10.3 Å². The Hall–Kier alpha value is -0.170. The molecule has 1 aliphatic rings. The summed E-state index contributed by atoms with van der Waals surface area (Å²) >= 11 is 0. The molecule has 4 N–H and O–H groups in total. The smallest absolute Gasteiger partial charge is 0.333 e. The lowest BCUT2D eigenvalue weighted by Crippen LogP contribution is -2.35. The van der Waals surface area contributed by atoms with Crippen LogP contribution in [0.15, 0.2) is 0 Å². The van der Waals surface area contributed by atoms with Gasteiger partial charge in [-0.2, -0.15) is 13.1 Å². The molecule has 0 amide bonds. The maximum absolute atomic E-state index is 10.3. The molecule has 1 aliphatic carbocycles. The van der Waals surface area contributed by atoms with Gasteiger partial charge in [-0.1, -0.05) is 19.3 Å². The second-order valence-electron chi connectivity index (χ2n) is 2.93. The molecule has 5 nitrogen and oxygen atoms in total. The summed E-state index contributed by atoms with van der Waals surface area (Å²) in [6.07, 6.45) is 4.96. The van der Waals surface area contributed by atoms with Crippen molar-refractivity contribution in [1.82, 2.24) is 4.72 Å². The SMILES string of the molecule is O.O=S(=O)(O)NC1CCCCC1. The van der Waals surface area contributed by atoms with Gasteiger partial charge >= 0.3 is 10.3 Å². The van der Waals surface area contributed by atoms with E-state index >= 15 is 0 Å². The van der Waals surface area contributed by atoms with Gasteiger partial charge in [0.1, 0.15) is 0 Å². The Labute approximate surface area is 72.4 Å². The van der Waals surface area contributed by atoms with Gasteiger partial charge in [-0.15, -0.1) is 0 Å². The first-order chi connectivity index (χ1) is 5.08. The Morgan fingerprint density at radius 1 is 1.17 bits per heavy atom. The third kappa shape index (κ3) is 4.66. The highest BCUT2D eigenvalue weighted by molar-refractivity contribution is 7.83. The van der Waals surface area contributed by atoms with Crippen LogP contribution >= 0.6 is 0 Å². The van der Waals surface area contributed by atoms with E-state index in [1.165, 1.54) is 6.42 Å². The molecule has 6 heteroatoms. The molecular weight excluding hydrogens is 182 g/mol. The molecule has 0 aliphatic heterocycles. The zero-order valence-corrected chi connectivity index (χ0v) is 7.60. The fourth-order valence-electron chi connectivity index (χ4n) is 1.43. The van der Waals surface area contributed by atoms with Gasteiger partial charge in [0.05, 0.1) is 0 Å². The van der Waals surface area contributed by atoms with Crippen LogP contribution in [0, 0.1) is 0 Å². The fourth-order valence-corrected chi connectivity index (χ4v) is 2.09. The predicted octanol–water partition coefficient (Wildman–Crippen LogP) is -0.113. The zero-order chi connectivity index (χ0) is 8.32. The summed E-state index contributed by atoms with van der Waals surface area (Å²) in [5, 5.41) is 0. The van der Waals surface area contributed by atoms with Crippen LogP contribution in [0.5, 0.6) is 0 Å². The van der Waals surface area contributed by atoms with Gasteiger partial charge in [0, 0.05) is 6.04 Å². The molecule has 0 aromatic rings. The molecule has 0 heterocycles. The molecule has 12 heavy (non-hydrogen) atoms. The average Bonchev–Trinajstić information content (AvgIpc) is 1.85. The summed E-state index contributed by atoms with van der Waals surface area (Å²) in [7, 11) is -3.97. The van der Waals surface area contributed by atoms with E-state index in [0.29, 0.717) is 0 Å². The molecule has 0 radical (unpaired) electrons. The van der Waals surface area contributed by atoms with E-state index in [1.54, 1.807) is 0 Å². The molecule has 0 unspecified atom stereocenters. The van der Waals surface area contributed by atoms with Gasteiger partial charge < -0.3 is 5.48 Å². The van der Waals surface area contributed by atoms with Crippen molar-refractivity contribution < 1.29 is 18.4 Å². The Bertz CT molecular complexity index is 208. The Morgan fingerprint density at radius 2 is 1.67 bits per heavy atom. The lowest BCUT2D eigenvalue weighted by atomic mass is 9.96. The highest BCUT2D eigenvalue weighted by atomic mass is 32.2. The molecule has 0 spiro atoms. The van der Waals surface area contributed by atoms with E-state index in [-0.39, 0.29) is 11.5 Å². The summed E-state index contributed by atoms with van der Waals surface area (Å²) in [6, 6.07) is -0.0428. The molecule has 1 rings (SSSR count). The lowest BCUT2D eigenvalue weighted by Gasteiger charge is -2.20. The van der Waals surface area contributed by atoms with E-state index in [2.05, 4.69) is 4.72 Å². The fraction of sp³-hybridized carbons (Fsp3) is 1.00. The molecule has 0 aromatic carbocycles. The van der Waals surface area contributed by atoms with Crippen LogP contribution in [0.3, 0.4) is 0 Å². The van der Waals surface area contributed by atoms with Crippen LogP contribution < -0.4 is 4.72 Å². The van der Waals surface area contributed by atoms with Crippen LogP contribution in [0.2, 0.25) is 0 Å². The zero-order valence-electron chi connectivity index (χ0n) is 6.78. The molecule has 74 valence electrons. The van der Waals surface area contributed by atoms with Crippen molar-refractivity contribution in [2.24, 2.45) is 0 Å². The quantitative estimate of drug-likeness (QED) is 0.604. The van der Waals surface area contributed by atoms with Gasteiger partial charge in [-0.05, 0) is 12.8 Å². The number of hydrogen-bond donors (Lipinski definition) is 2. The van der Waals surface area contributed by atoms with Crippen LogP contribution in [0.25, 0.3) is 0 Å². The number of rotatable bonds is 2. The van der Waals surface area contributed by atoms with Gasteiger partial charge in [0.25, 0.3) is 0 Å². The van der Waals surface area contributed by atoms with Crippen molar-refractivity contribution in [3.05, 3.63) is 0 Å². The first-order valence-corrected chi connectivity index (χ1v) is 5.27. The monoisotopic (exact) mass is 197 g/mol. The Balaban J connectivity index is 0.00000121. The van der Waals surface area contributed by atoms with Crippen LogP contribution in [-0.4, -0.2) is 24.5 Å². The molecule has 0 saturated heterocycles. The van der Waals surface area contributed by atoms with Crippen LogP contribution in [0.1, 0.15) is 32.1 Å². The third-order valence-corrected chi connectivity index (χ3v) is 2.55. The third-order valence-electron chi connectivity index (χ3n) is 1.92. The van der Waals surface area contributed by atoms with E-state index in [1.807, 2.05) is 0 Å². The summed E-state index contributed by atoms with van der Waals surface area (Å²) in [5.74, 6) is 0. The van der Waals surface area contributed by atoms with E-state index < -0.39 is 10.3 Å². The standard InChI is InChI=1S/C6H13NO3S.H2O/c8-11(9,10)7-6-4-2-1-3-5-6;/h6-7H,1-5H2,(H,8,9,10);1H2. The number of nitrogens with one attached hydrogen (secondary N) is 1. The van der Waals surface area contributed by atoms with Gasteiger partial charge in [0.15, 0.2) is 0 Å². The summed E-state index contributed by atoms with van der Waals surface area (Å²) in [6.45, 7) is 0. The van der Waals surface area contributed by atoms with Crippen molar-refractivity contribution in [3.8, 4) is 0 Å². The molecule has 0 atom stereocenters. The maximum atomic E-state index is 10.3. The Kier molecular flexibility index (Phi) is 4.69. The highest BCUT2D eigenvalue weighted by Gasteiger charge is 2.17. The molecule has 0 bridgehead atoms. The number of hydrogen-bond acceptors (Lipinski definition) is 2. The van der Waals surface area contributed by atoms with Crippen molar-refractivity contribution in [3.63, 3.8) is 0 Å². The second-order valence-corrected chi connectivity index (χ2v) is 4.11. The minimum atomic E-state index is -3.97. The maximum Gasteiger partial charge on any atom is 0.333 e.